The number of anilines is 1. The standard InChI is InChI=1S/C22H17ClF3N3O2/c23-16-7-3-14(4-8-16)20(30)29-21(9-10-21)15-5-1-13(2-6-15)17-12-28-19(11-18(17)27)31-22(24,25)26/h1-8,11-12H,9-10H2,(H2,27,28)(H,29,30). The summed E-state index contributed by atoms with van der Waals surface area (Å²) in [5.74, 6) is -0.806. The third-order valence-corrected chi connectivity index (χ3v) is 5.34. The summed E-state index contributed by atoms with van der Waals surface area (Å²) in [5.41, 5.74) is 8.19. The average molecular weight is 448 g/mol. The van der Waals surface area contributed by atoms with Gasteiger partial charge in [-0.25, -0.2) is 4.98 Å². The molecular formula is C22H17ClF3N3O2. The molecule has 1 aliphatic rings. The molecule has 0 bridgehead atoms. The van der Waals surface area contributed by atoms with Crippen LogP contribution in [0.3, 0.4) is 0 Å². The van der Waals surface area contributed by atoms with Crippen molar-refractivity contribution >= 4 is 23.2 Å². The average Bonchev–Trinajstić information content (AvgIpc) is 3.48. The number of halogens is 4. The molecule has 1 aromatic heterocycles. The molecule has 4 rings (SSSR count). The van der Waals surface area contributed by atoms with E-state index in [0.717, 1.165) is 24.5 Å². The van der Waals surface area contributed by atoms with Gasteiger partial charge >= 0.3 is 6.36 Å². The number of nitrogens with one attached hydrogen (secondary N) is 1. The maximum absolute atomic E-state index is 12.6. The van der Waals surface area contributed by atoms with Crippen LogP contribution >= 0.6 is 11.6 Å². The third kappa shape index (κ3) is 4.74. The zero-order valence-electron chi connectivity index (χ0n) is 16.0. The van der Waals surface area contributed by atoms with Gasteiger partial charge in [0.1, 0.15) is 0 Å². The molecule has 1 aliphatic carbocycles. The van der Waals surface area contributed by atoms with Gasteiger partial charge in [-0.1, -0.05) is 35.9 Å². The lowest BCUT2D eigenvalue weighted by Gasteiger charge is -2.19. The minimum Gasteiger partial charge on any atom is -0.398 e. The molecule has 1 fully saturated rings. The second kappa shape index (κ2) is 7.77. The van der Waals surface area contributed by atoms with Gasteiger partial charge in [-0.3, -0.25) is 4.79 Å². The number of nitrogen functional groups attached to an aromatic ring is 1. The second-order valence-corrected chi connectivity index (χ2v) is 7.71. The van der Waals surface area contributed by atoms with Crippen molar-refractivity contribution in [3.05, 3.63) is 76.9 Å². The van der Waals surface area contributed by atoms with Crippen LogP contribution in [0.4, 0.5) is 18.9 Å². The van der Waals surface area contributed by atoms with Gasteiger partial charge in [-0.2, -0.15) is 0 Å². The predicted octanol–water partition coefficient (Wildman–Crippen LogP) is 5.30. The molecule has 1 saturated carbocycles. The highest BCUT2D eigenvalue weighted by atomic mass is 35.5. The number of benzene rings is 2. The molecule has 3 N–H and O–H groups in total. The number of hydrogen-bond donors (Lipinski definition) is 2. The Labute approximate surface area is 181 Å². The Bertz CT molecular complexity index is 1110. The number of pyridine rings is 1. The number of rotatable bonds is 5. The molecular weight excluding hydrogens is 431 g/mol. The van der Waals surface area contributed by atoms with E-state index in [0.29, 0.717) is 21.7 Å². The summed E-state index contributed by atoms with van der Waals surface area (Å²) in [4.78, 5) is 16.3. The van der Waals surface area contributed by atoms with E-state index in [2.05, 4.69) is 15.0 Å². The van der Waals surface area contributed by atoms with Crippen molar-refractivity contribution < 1.29 is 22.7 Å². The Hall–Kier alpha value is -3.26. The fourth-order valence-corrected chi connectivity index (χ4v) is 3.46. The molecule has 0 unspecified atom stereocenters. The predicted molar refractivity (Wildman–Crippen MR) is 111 cm³/mol. The van der Waals surface area contributed by atoms with Crippen LogP contribution in [-0.4, -0.2) is 17.3 Å². The van der Waals surface area contributed by atoms with Crippen molar-refractivity contribution in [2.24, 2.45) is 0 Å². The smallest absolute Gasteiger partial charge is 0.398 e. The molecule has 1 amide bonds. The van der Waals surface area contributed by atoms with E-state index < -0.39 is 17.8 Å². The molecule has 0 saturated heterocycles. The van der Waals surface area contributed by atoms with Gasteiger partial charge in [-0.15, -0.1) is 13.2 Å². The lowest BCUT2D eigenvalue weighted by atomic mass is 9.99. The molecule has 1 heterocycles. The Morgan fingerprint density at radius 1 is 1.10 bits per heavy atom. The molecule has 3 aromatic rings. The minimum absolute atomic E-state index is 0.110. The summed E-state index contributed by atoms with van der Waals surface area (Å²) < 4.78 is 40.8. The first-order valence-corrected chi connectivity index (χ1v) is 9.73. The number of nitrogens with two attached hydrogens (primary N) is 1. The summed E-state index contributed by atoms with van der Waals surface area (Å²) in [6, 6.07) is 15.0. The molecule has 9 heteroatoms. The highest BCUT2D eigenvalue weighted by Gasteiger charge is 2.45. The Morgan fingerprint density at radius 3 is 2.29 bits per heavy atom. The number of aromatic nitrogens is 1. The van der Waals surface area contributed by atoms with E-state index in [9.17, 15) is 18.0 Å². The lowest BCUT2D eigenvalue weighted by molar-refractivity contribution is -0.276. The van der Waals surface area contributed by atoms with Gasteiger partial charge in [0.2, 0.25) is 5.88 Å². The van der Waals surface area contributed by atoms with E-state index in [1.165, 1.54) is 6.20 Å². The van der Waals surface area contributed by atoms with Crippen LogP contribution in [0.1, 0.15) is 28.8 Å². The Kier molecular flexibility index (Phi) is 5.26. The summed E-state index contributed by atoms with van der Waals surface area (Å²) in [7, 11) is 0. The van der Waals surface area contributed by atoms with Gasteiger partial charge in [0.05, 0.1) is 5.54 Å². The maximum atomic E-state index is 12.6. The number of carbonyl (C=O) groups is 1. The zero-order valence-corrected chi connectivity index (χ0v) is 16.8. The summed E-state index contributed by atoms with van der Waals surface area (Å²) in [6.07, 6.45) is -1.99. The van der Waals surface area contributed by atoms with E-state index in [1.807, 2.05) is 12.1 Å². The van der Waals surface area contributed by atoms with Crippen LogP contribution < -0.4 is 15.8 Å². The SMILES string of the molecule is Nc1cc(OC(F)(F)F)ncc1-c1ccc(C2(NC(=O)c3ccc(Cl)cc3)CC2)cc1. The Balaban J connectivity index is 1.50. The number of ether oxygens (including phenoxy) is 1. The highest BCUT2D eigenvalue weighted by Crippen LogP contribution is 2.46. The van der Waals surface area contributed by atoms with E-state index in [-0.39, 0.29) is 11.6 Å². The molecule has 160 valence electrons. The van der Waals surface area contributed by atoms with E-state index in [1.54, 1.807) is 36.4 Å². The number of amides is 1. The fourth-order valence-electron chi connectivity index (χ4n) is 3.34. The molecule has 0 aliphatic heterocycles. The van der Waals surface area contributed by atoms with E-state index >= 15 is 0 Å². The van der Waals surface area contributed by atoms with Crippen molar-refractivity contribution in [1.29, 1.82) is 0 Å². The van der Waals surface area contributed by atoms with Gasteiger partial charge in [0, 0.05) is 34.1 Å². The maximum Gasteiger partial charge on any atom is 0.574 e. The number of alkyl halides is 3. The highest BCUT2D eigenvalue weighted by molar-refractivity contribution is 6.30. The number of hydrogen-bond acceptors (Lipinski definition) is 4. The van der Waals surface area contributed by atoms with Crippen molar-refractivity contribution in [1.82, 2.24) is 10.3 Å². The molecule has 0 spiro atoms. The van der Waals surface area contributed by atoms with Crippen LogP contribution in [0, 0.1) is 0 Å². The van der Waals surface area contributed by atoms with Crippen LogP contribution in [0.15, 0.2) is 60.8 Å². The first-order chi connectivity index (χ1) is 14.7. The fraction of sp³-hybridized carbons (Fsp3) is 0.182. The summed E-state index contributed by atoms with van der Waals surface area (Å²) >= 11 is 5.87. The minimum atomic E-state index is -4.84. The molecule has 0 atom stereocenters. The quantitative estimate of drug-likeness (QED) is 0.556. The molecule has 5 nitrogen and oxygen atoms in total. The second-order valence-electron chi connectivity index (χ2n) is 7.28. The lowest BCUT2D eigenvalue weighted by Crippen LogP contribution is -2.34. The first kappa shape index (κ1) is 21.0. The summed E-state index contributed by atoms with van der Waals surface area (Å²) in [6.45, 7) is 0. The largest absolute Gasteiger partial charge is 0.574 e. The first-order valence-electron chi connectivity index (χ1n) is 9.35. The van der Waals surface area contributed by atoms with Crippen LogP contribution in [0.5, 0.6) is 5.88 Å². The van der Waals surface area contributed by atoms with Crippen molar-refractivity contribution in [2.75, 3.05) is 5.73 Å². The van der Waals surface area contributed by atoms with Crippen molar-refractivity contribution in [3.63, 3.8) is 0 Å². The van der Waals surface area contributed by atoms with Gasteiger partial charge in [0.25, 0.3) is 5.91 Å². The van der Waals surface area contributed by atoms with Crippen LogP contribution in [-0.2, 0) is 5.54 Å². The van der Waals surface area contributed by atoms with Gasteiger partial charge in [-0.05, 0) is 48.2 Å². The monoisotopic (exact) mass is 447 g/mol. The molecule has 2 aromatic carbocycles. The Morgan fingerprint density at radius 2 is 1.74 bits per heavy atom. The molecule has 31 heavy (non-hydrogen) atoms. The van der Waals surface area contributed by atoms with Gasteiger partial charge in [0.15, 0.2) is 0 Å². The van der Waals surface area contributed by atoms with E-state index in [4.69, 9.17) is 17.3 Å². The number of nitrogens with zero attached hydrogens (tertiary/aromatic N) is 1. The summed E-state index contributed by atoms with van der Waals surface area (Å²) in [5, 5.41) is 3.63. The van der Waals surface area contributed by atoms with Crippen molar-refractivity contribution in [3.8, 4) is 17.0 Å². The zero-order chi connectivity index (χ0) is 22.2. The normalized spacial score (nSPS) is 14.7. The van der Waals surface area contributed by atoms with Gasteiger partial charge < -0.3 is 15.8 Å². The molecule has 0 radical (unpaired) electrons. The number of carbonyl (C=O) groups excluding carboxylic acids is 1. The van der Waals surface area contributed by atoms with Crippen LogP contribution in [0.25, 0.3) is 11.1 Å². The van der Waals surface area contributed by atoms with Crippen molar-refractivity contribution in [2.45, 2.75) is 24.7 Å². The third-order valence-electron chi connectivity index (χ3n) is 5.09. The topological polar surface area (TPSA) is 77.2 Å². The van der Waals surface area contributed by atoms with Crippen LogP contribution in [0.2, 0.25) is 5.02 Å².